The number of aromatic nitrogens is 1. The smallest absolute Gasteiger partial charge is 0.423 e. The molecule has 4 aromatic carbocycles. The molecule has 37 heavy (non-hydrogen) atoms. The Kier molecular flexibility index (Phi) is 6.26. The zero-order valence-corrected chi connectivity index (χ0v) is 19.5. The quantitative estimate of drug-likeness (QED) is 0.269. The lowest BCUT2D eigenvalue weighted by Crippen LogP contribution is -2.56. The van der Waals surface area contributed by atoms with Gasteiger partial charge < -0.3 is 14.6 Å². The maximum absolute atomic E-state index is 9.97. The summed E-state index contributed by atoms with van der Waals surface area (Å²) in [6, 6.07) is 16.8. The fourth-order valence-corrected chi connectivity index (χ4v) is 4.79. The summed E-state index contributed by atoms with van der Waals surface area (Å²) in [7, 11) is 42.3. The molecular formula is C25H10B8N2O2. The molecule has 5 rings (SSSR count). The second-order valence-electron chi connectivity index (χ2n) is 8.70. The second kappa shape index (κ2) is 9.17. The van der Waals surface area contributed by atoms with E-state index in [0.29, 0.717) is 33.1 Å². The number of hydrogen-bond donors (Lipinski definition) is 2. The van der Waals surface area contributed by atoms with Crippen LogP contribution >= 0.6 is 0 Å². The summed E-state index contributed by atoms with van der Waals surface area (Å²) in [4.78, 5) is 0. The molecule has 0 fully saturated rings. The molecule has 1 aromatic heterocycles. The largest absolute Gasteiger partial charge is 0.487 e. The average Bonchev–Trinajstić information content (AvgIpc) is 3.26. The molecule has 156 valence electrons. The van der Waals surface area contributed by atoms with Crippen molar-refractivity contribution in [3.05, 3.63) is 54.1 Å². The highest BCUT2D eigenvalue weighted by Crippen LogP contribution is 2.28. The van der Waals surface area contributed by atoms with Crippen LogP contribution in [0, 0.1) is 11.3 Å². The molecular weight excluding hydrogens is 447 g/mol. The van der Waals surface area contributed by atoms with Gasteiger partial charge in [-0.3, -0.25) is 0 Å². The minimum absolute atomic E-state index is 0.0232. The van der Waals surface area contributed by atoms with Gasteiger partial charge in [0.1, 0.15) is 54.9 Å². The Hall–Kier alpha value is -3.39. The fraction of sp³-hybridized carbons (Fsp3) is 0. The molecule has 12 heteroatoms. The van der Waals surface area contributed by atoms with E-state index in [2.05, 4.69) is 6.07 Å². The van der Waals surface area contributed by atoms with Crippen molar-refractivity contribution >= 4 is 128 Å². The highest BCUT2D eigenvalue weighted by atomic mass is 16.4. The van der Waals surface area contributed by atoms with Crippen LogP contribution in [-0.2, 0) is 0 Å². The topological polar surface area (TPSA) is 69.2 Å². The first-order chi connectivity index (χ1) is 17.6. The molecule has 0 aliphatic heterocycles. The predicted octanol–water partition coefficient (Wildman–Crippen LogP) is -4.44. The summed E-state index contributed by atoms with van der Waals surface area (Å²) < 4.78 is 1.73. The molecule has 0 saturated heterocycles. The van der Waals surface area contributed by atoms with E-state index in [0.717, 1.165) is 11.1 Å². The first-order valence-corrected chi connectivity index (χ1v) is 11.1. The summed E-state index contributed by atoms with van der Waals surface area (Å²) in [5.74, 6) is 0. The van der Waals surface area contributed by atoms with Crippen LogP contribution in [0.15, 0.2) is 48.5 Å². The first-order valence-electron chi connectivity index (χ1n) is 11.1. The molecule has 0 unspecified atom stereocenters. The fourth-order valence-electron chi connectivity index (χ4n) is 4.79. The third kappa shape index (κ3) is 3.72. The Bertz CT molecular complexity index is 1770. The van der Waals surface area contributed by atoms with Gasteiger partial charge in [-0.1, -0.05) is 46.1 Å². The van der Waals surface area contributed by atoms with E-state index < -0.39 is 7.12 Å². The van der Waals surface area contributed by atoms with Gasteiger partial charge in [0.15, 0.2) is 0 Å². The second-order valence-corrected chi connectivity index (χ2v) is 8.70. The molecule has 5 aromatic rings. The SMILES string of the molecule is [B]c1c([B])c([B])c2c(c1[B])c1c([B])c(B(O)O)c([B])c([B])c1n2-c1ccc(-c2ccc(C#N)cc2)cc1. The van der Waals surface area contributed by atoms with E-state index in [1.54, 1.807) is 16.7 Å². The first kappa shape index (κ1) is 25.3. The third-order valence-corrected chi connectivity index (χ3v) is 6.69. The van der Waals surface area contributed by atoms with E-state index in [9.17, 15) is 10.0 Å². The lowest BCUT2D eigenvalue weighted by atomic mass is 9.59. The summed E-state index contributed by atoms with van der Waals surface area (Å²) in [6.07, 6.45) is 0. The highest BCUT2D eigenvalue weighted by Gasteiger charge is 2.26. The Labute approximate surface area is 224 Å². The molecule has 4 nitrogen and oxygen atoms in total. The number of rotatable bonds is 3. The lowest BCUT2D eigenvalue weighted by molar-refractivity contribution is 0.426. The van der Waals surface area contributed by atoms with Crippen LogP contribution in [0.1, 0.15) is 5.56 Å². The molecule has 14 radical (unpaired) electrons. The zero-order chi connectivity index (χ0) is 26.8. The van der Waals surface area contributed by atoms with Crippen LogP contribution in [0.4, 0.5) is 0 Å². The molecule has 0 bridgehead atoms. The molecule has 0 amide bonds. The Morgan fingerprint density at radius 2 is 1.05 bits per heavy atom. The number of nitrogens with zero attached hydrogens (tertiary/aromatic N) is 2. The van der Waals surface area contributed by atoms with E-state index >= 15 is 0 Å². The van der Waals surface area contributed by atoms with Crippen molar-refractivity contribution in [2.24, 2.45) is 0 Å². The van der Waals surface area contributed by atoms with Crippen LogP contribution in [0.5, 0.6) is 0 Å². The molecule has 2 N–H and O–H groups in total. The van der Waals surface area contributed by atoms with Crippen molar-refractivity contribution < 1.29 is 10.0 Å². The van der Waals surface area contributed by atoms with Crippen molar-refractivity contribution in [3.8, 4) is 22.9 Å². The Balaban J connectivity index is 1.89. The van der Waals surface area contributed by atoms with Crippen molar-refractivity contribution in [1.29, 1.82) is 5.26 Å². The predicted molar refractivity (Wildman–Crippen MR) is 158 cm³/mol. The van der Waals surface area contributed by atoms with Gasteiger partial charge in [0.25, 0.3) is 0 Å². The monoisotopic (exact) mass is 458 g/mol. The van der Waals surface area contributed by atoms with Crippen LogP contribution in [0.2, 0.25) is 0 Å². The number of fused-ring (bicyclic) bond motifs is 3. The maximum Gasteiger partial charge on any atom is 0.487 e. The number of benzene rings is 4. The van der Waals surface area contributed by atoms with Crippen molar-refractivity contribution in [2.75, 3.05) is 0 Å². The van der Waals surface area contributed by atoms with E-state index in [1.807, 2.05) is 36.4 Å². The van der Waals surface area contributed by atoms with Gasteiger partial charge in [-0.2, -0.15) is 5.26 Å². The van der Waals surface area contributed by atoms with Crippen LogP contribution in [0.3, 0.4) is 0 Å². The lowest BCUT2D eigenvalue weighted by Gasteiger charge is -2.18. The number of nitriles is 1. The maximum atomic E-state index is 9.97. The van der Waals surface area contributed by atoms with Crippen LogP contribution < -0.4 is 43.7 Å². The van der Waals surface area contributed by atoms with Crippen LogP contribution in [0.25, 0.3) is 38.6 Å². The Morgan fingerprint density at radius 1 is 0.595 bits per heavy atom. The van der Waals surface area contributed by atoms with Crippen molar-refractivity contribution in [1.82, 2.24) is 4.57 Å². The zero-order valence-electron chi connectivity index (χ0n) is 19.5. The van der Waals surface area contributed by atoms with Gasteiger partial charge in [-0.15, -0.1) is 16.4 Å². The molecule has 1 heterocycles. The average molecular weight is 457 g/mol. The van der Waals surface area contributed by atoms with Crippen molar-refractivity contribution in [2.45, 2.75) is 0 Å². The normalized spacial score (nSPS) is 11.2. The minimum Gasteiger partial charge on any atom is -0.423 e. The summed E-state index contributed by atoms with van der Waals surface area (Å²) >= 11 is 0. The van der Waals surface area contributed by atoms with E-state index in [1.165, 1.54) is 0 Å². The molecule has 0 aliphatic rings. The number of hydrogen-bond acceptors (Lipinski definition) is 3. The summed E-state index contributed by atoms with van der Waals surface area (Å²) in [6.45, 7) is 0. The Morgan fingerprint density at radius 3 is 1.57 bits per heavy atom. The molecule has 0 aliphatic carbocycles. The van der Waals surface area contributed by atoms with Gasteiger partial charge in [0, 0.05) is 16.7 Å². The van der Waals surface area contributed by atoms with E-state index in [4.69, 9.17) is 60.2 Å². The molecule has 0 atom stereocenters. The summed E-state index contributed by atoms with van der Waals surface area (Å²) in [5, 5.41) is 29.7. The van der Waals surface area contributed by atoms with Crippen LogP contribution in [-0.4, -0.2) is 76.7 Å². The van der Waals surface area contributed by atoms with E-state index in [-0.39, 0.29) is 43.7 Å². The third-order valence-electron chi connectivity index (χ3n) is 6.69. The molecule has 0 saturated carbocycles. The minimum atomic E-state index is -1.98. The van der Waals surface area contributed by atoms with Gasteiger partial charge in [0.05, 0.1) is 11.6 Å². The van der Waals surface area contributed by atoms with Gasteiger partial charge in [-0.25, -0.2) is 0 Å². The highest BCUT2D eigenvalue weighted by molar-refractivity contribution is 6.76. The van der Waals surface area contributed by atoms with Gasteiger partial charge >= 0.3 is 7.12 Å². The summed E-state index contributed by atoms with van der Waals surface area (Å²) in [5.41, 5.74) is 4.01. The van der Waals surface area contributed by atoms with Gasteiger partial charge in [0.2, 0.25) is 0 Å². The standard InChI is InChI=1S/C25H10B8N2O2/c26-16-14-15-17(27)23(33(36)37)20(30)22(32)25(15)35(24(14)21(31)19(29)18(16)28)13-7-5-12(6-8-13)11-3-1-10(9-34)2-4-11/h1-8,36-37H. The van der Waals surface area contributed by atoms with Gasteiger partial charge in [-0.05, 0) is 51.6 Å². The molecule has 0 spiro atoms. The van der Waals surface area contributed by atoms with Crippen molar-refractivity contribution in [3.63, 3.8) is 0 Å².